The van der Waals surface area contributed by atoms with Crippen LogP contribution >= 0.6 is 7.60 Å². The van der Waals surface area contributed by atoms with Crippen LogP contribution in [-0.2, 0) is 23.1 Å². The van der Waals surface area contributed by atoms with Crippen molar-refractivity contribution in [1.82, 2.24) is 0 Å². The zero-order chi connectivity index (χ0) is 14.4. The molecule has 19 heavy (non-hydrogen) atoms. The lowest BCUT2D eigenvalue weighted by Gasteiger charge is -2.16. The molecule has 0 atom stereocenters. The number of azide groups is 1. The average molecular weight is 295 g/mol. The molecule has 0 aliphatic carbocycles. The first kappa shape index (κ1) is 18.4. The van der Waals surface area contributed by atoms with Crippen LogP contribution in [0.1, 0.15) is 13.8 Å². The fourth-order valence-electron chi connectivity index (χ4n) is 1.21. The standard InChI is InChI=1S/C10H22N3O5P/c1-3-17-19(14,18-4-2)10-9-16-8-7-15-6-5-12-13-11/h3-10H2,1-2H3. The average Bonchev–Trinajstić information content (AvgIpc) is 2.37. The summed E-state index contributed by atoms with van der Waals surface area (Å²) in [5, 5.41) is 3.32. The summed E-state index contributed by atoms with van der Waals surface area (Å²) in [7, 11) is -3.01. The summed E-state index contributed by atoms with van der Waals surface area (Å²) < 4.78 is 32.7. The molecule has 112 valence electrons. The third-order valence-electron chi connectivity index (χ3n) is 1.93. The van der Waals surface area contributed by atoms with Gasteiger partial charge in [-0.05, 0) is 19.4 Å². The van der Waals surface area contributed by atoms with Gasteiger partial charge in [-0.3, -0.25) is 4.57 Å². The zero-order valence-electron chi connectivity index (χ0n) is 11.5. The van der Waals surface area contributed by atoms with E-state index < -0.39 is 7.60 Å². The van der Waals surface area contributed by atoms with Gasteiger partial charge in [0.25, 0.3) is 0 Å². The molecule has 0 aromatic carbocycles. The Morgan fingerprint density at radius 3 is 2.16 bits per heavy atom. The number of hydrogen-bond donors (Lipinski definition) is 0. The maximum Gasteiger partial charge on any atom is 0.332 e. The molecule has 0 aromatic rings. The summed E-state index contributed by atoms with van der Waals surface area (Å²) in [5.74, 6) is 0. The smallest absolute Gasteiger partial charge is 0.332 e. The summed E-state index contributed by atoms with van der Waals surface area (Å²) in [5.41, 5.74) is 8.03. The first-order chi connectivity index (χ1) is 9.18. The highest BCUT2D eigenvalue weighted by Crippen LogP contribution is 2.47. The Hall–Kier alpha value is -0.620. The first-order valence-corrected chi connectivity index (χ1v) is 7.95. The molecule has 0 aromatic heterocycles. The highest BCUT2D eigenvalue weighted by Gasteiger charge is 2.22. The second-order valence-electron chi connectivity index (χ2n) is 3.35. The third kappa shape index (κ3) is 10.9. The van der Waals surface area contributed by atoms with E-state index in [0.29, 0.717) is 39.6 Å². The van der Waals surface area contributed by atoms with Crippen molar-refractivity contribution in [1.29, 1.82) is 0 Å². The molecule has 8 nitrogen and oxygen atoms in total. The molecule has 0 spiro atoms. The number of ether oxygens (including phenoxy) is 2. The van der Waals surface area contributed by atoms with Gasteiger partial charge in [-0.1, -0.05) is 5.11 Å². The summed E-state index contributed by atoms with van der Waals surface area (Å²) in [6.07, 6.45) is 0.230. The van der Waals surface area contributed by atoms with Gasteiger partial charge < -0.3 is 18.5 Å². The van der Waals surface area contributed by atoms with Crippen molar-refractivity contribution in [3.05, 3.63) is 10.4 Å². The molecule has 0 aliphatic rings. The Labute approximate surface area is 113 Å². The maximum atomic E-state index is 12.0. The van der Waals surface area contributed by atoms with Crippen LogP contribution in [-0.4, -0.2) is 52.3 Å². The van der Waals surface area contributed by atoms with E-state index in [4.69, 9.17) is 24.1 Å². The highest BCUT2D eigenvalue weighted by atomic mass is 31.2. The van der Waals surface area contributed by atoms with Crippen LogP contribution in [0.4, 0.5) is 0 Å². The zero-order valence-corrected chi connectivity index (χ0v) is 12.4. The van der Waals surface area contributed by atoms with E-state index in [1.54, 1.807) is 13.8 Å². The molecular formula is C10H22N3O5P. The molecular weight excluding hydrogens is 273 g/mol. The fourth-order valence-corrected chi connectivity index (χ4v) is 2.68. The van der Waals surface area contributed by atoms with Crippen LogP contribution < -0.4 is 0 Å². The predicted molar refractivity (Wildman–Crippen MR) is 71.4 cm³/mol. The van der Waals surface area contributed by atoms with E-state index in [-0.39, 0.29) is 12.8 Å². The minimum absolute atomic E-state index is 0.230. The molecule has 0 unspecified atom stereocenters. The van der Waals surface area contributed by atoms with E-state index in [2.05, 4.69) is 10.0 Å². The van der Waals surface area contributed by atoms with E-state index in [1.807, 2.05) is 0 Å². The first-order valence-electron chi connectivity index (χ1n) is 6.23. The molecule has 0 aliphatic heterocycles. The van der Waals surface area contributed by atoms with Crippen molar-refractivity contribution in [2.45, 2.75) is 13.8 Å². The van der Waals surface area contributed by atoms with E-state index in [0.717, 1.165) is 0 Å². The SMILES string of the molecule is CCOP(=O)(CCOCCOCCN=[N+]=[N-])OCC. The molecule has 0 bridgehead atoms. The lowest BCUT2D eigenvalue weighted by Crippen LogP contribution is -2.11. The van der Waals surface area contributed by atoms with Gasteiger partial charge in [-0.25, -0.2) is 0 Å². The monoisotopic (exact) mass is 295 g/mol. The number of hydrogen-bond acceptors (Lipinski definition) is 6. The van der Waals surface area contributed by atoms with Crippen LogP contribution in [0.3, 0.4) is 0 Å². The topological polar surface area (TPSA) is 103 Å². The Kier molecular flexibility index (Phi) is 12.0. The van der Waals surface area contributed by atoms with Gasteiger partial charge in [0.1, 0.15) is 0 Å². The maximum absolute atomic E-state index is 12.0. The van der Waals surface area contributed by atoms with Crippen LogP contribution in [0.2, 0.25) is 0 Å². The Balaban J connectivity index is 3.55. The van der Waals surface area contributed by atoms with E-state index in [9.17, 15) is 4.57 Å². The Morgan fingerprint density at radius 2 is 1.63 bits per heavy atom. The van der Waals surface area contributed by atoms with Crippen LogP contribution in [0, 0.1) is 0 Å². The van der Waals surface area contributed by atoms with Crippen molar-refractivity contribution >= 4 is 7.60 Å². The van der Waals surface area contributed by atoms with Crippen LogP contribution in [0.15, 0.2) is 5.11 Å². The van der Waals surface area contributed by atoms with E-state index >= 15 is 0 Å². The number of nitrogens with zero attached hydrogens (tertiary/aromatic N) is 3. The van der Waals surface area contributed by atoms with E-state index in [1.165, 1.54) is 0 Å². The van der Waals surface area contributed by atoms with Gasteiger partial charge >= 0.3 is 7.60 Å². The van der Waals surface area contributed by atoms with Crippen LogP contribution in [0.5, 0.6) is 0 Å². The van der Waals surface area contributed by atoms with Gasteiger partial charge in [0, 0.05) is 11.5 Å². The number of rotatable bonds is 13. The van der Waals surface area contributed by atoms with Gasteiger partial charge in [-0.15, -0.1) is 0 Å². The summed E-state index contributed by atoms with van der Waals surface area (Å²) in [6, 6.07) is 0. The molecule has 0 heterocycles. The molecule has 9 heteroatoms. The molecule has 0 N–H and O–H groups in total. The Morgan fingerprint density at radius 1 is 1.05 bits per heavy atom. The van der Waals surface area contributed by atoms with Gasteiger partial charge in [0.05, 0.1) is 45.8 Å². The molecule has 0 rings (SSSR count). The van der Waals surface area contributed by atoms with Crippen LogP contribution in [0.25, 0.3) is 10.4 Å². The minimum atomic E-state index is -3.01. The largest absolute Gasteiger partial charge is 0.379 e. The van der Waals surface area contributed by atoms with Gasteiger partial charge in [0.15, 0.2) is 0 Å². The molecule has 0 amide bonds. The second-order valence-corrected chi connectivity index (χ2v) is 5.53. The summed E-state index contributed by atoms with van der Waals surface area (Å²) in [4.78, 5) is 2.60. The van der Waals surface area contributed by atoms with Gasteiger partial charge in [0.2, 0.25) is 0 Å². The van der Waals surface area contributed by atoms with Crippen molar-refractivity contribution < 1.29 is 23.1 Å². The quantitative estimate of drug-likeness (QED) is 0.171. The summed E-state index contributed by atoms with van der Waals surface area (Å²) >= 11 is 0. The van der Waals surface area contributed by atoms with Crippen molar-refractivity contribution in [2.24, 2.45) is 5.11 Å². The second kappa shape index (κ2) is 12.4. The molecule has 0 radical (unpaired) electrons. The minimum Gasteiger partial charge on any atom is -0.379 e. The lowest BCUT2D eigenvalue weighted by atomic mass is 10.7. The highest BCUT2D eigenvalue weighted by molar-refractivity contribution is 7.53. The molecule has 0 saturated carbocycles. The third-order valence-corrected chi connectivity index (χ3v) is 3.97. The van der Waals surface area contributed by atoms with Crippen molar-refractivity contribution in [2.75, 3.05) is 52.3 Å². The normalized spacial score (nSPS) is 11.3. The van der Waals surface area contributed by atoms with Gasteiger partial charge in [-0.2, -0.15) is 0 Å². The fraction of sp³-hybridized carbons (Fsp3) is 1.00. The van der Waals surface area contributed by atoms with Crippen molar-refractivity contribution in [3.63, 3.8) is 0 Å². The lowest BCUT2D eigenvalue weighted by molar-refractivity contribution is 0.0549. The molecule has 0 saturated heterocycles. The summed E-state index contributed by atoms with van der Waals surface area (Å²) in [6.45, 7) is 5.97. The van der Waals surface area contributed by atoms with Crippen molar-refractivity contribution in [3.8, 4) is 0 Å². The molecule has 0 fully saturated rings. The predicted octanol–water partition coefficient (Wildman–Crippen LogP) is 2.60. The Bertz CT molecular complexity index is 300.